The maximum absolute atomic E-state index is 12.7. The fraction of sp³-hybridized carbons (Fsp3) is 0.562. The molecule has 1 aliphatic heterocycles. The molecule has 0 saturated carbocycles. The second-order valence-corrected chi connectivity index (χ2v) is 7.18. The van der Waals surface area contributed by atoms with Crippen molar-refractivity contribution in [2.75, 3.05) is 18.0 Å². The lowest BCUT2D eigenvalue weighted by atomic mass is 10.0. The van der Waals surface area contributed by atoms with Crippen LogP contribution >= 0.6 is 11.6 Å². The lowest BCUT2D eigenvalue weighted by molar-refractivity contribution is -0.384. The van der Waals surface area contributed by atoms with Crippen LogP contribution < -0.4 is 10.2 Å². The summed E-state index contributed by atoms with van der Waals surface area (Å²) in [7, 11) is 0. The lowest BCUT2D eigenvalue weighted by Gasteiger charge is -2.35. The summed E-state index contributed by atoms with van der Waals surface area (Å²) < 4.78 is 5.48. The van der Waals surface area contributed by atoms with Crippen LogP contribution in [0.4, 0.5) is 16.2 Å². The van der Waals surface area contributed by atoms with Crippen LogP contribution in [0.5, 0.6) is 0 Å². The van der Waals surface area contributed by atoms with Crippen molar-refractivity contribution < 1.29 is 14.5 Å². The molecule has 132 valence electrons. The number of rotatable bonds is 3. The molecule has 2 rings (SSSR count). The van der Waals surface area contributed by atoms with Gasteiger partial charge in [0.05, 0.1) is 11.0 Å². The fourth-order valence-corrected chi connectivity index (χ4v) is 2.82. The van der Waals surface area contributed by atoms with Crippen molar-refractivity contribution in [1.29, 1.82) is 0 Å². The zero-order valence-corrected chi connectivity index (χ0v) is 14.8. The molecular weight excluding hydrogens is 334 g/mol. The molecule has 0 bridgehead atoms. The van der Waals surface area contributed by atoms with Gasteiger partial charge in [-0.2, -0.15) is 0 Å². The first kappa shape index (κ1) is 18.5. The summed E-state index contributed by atoms with van der Waals surface area (Å²) in [4.78, 5) is 25.0. The summed E-state index contributed by atoms with van der Waals surface area (Å²) in [5.74, 6) is 0. The molecule has 1 fully saturated rings. The highest BCUT2D eigenvalue weighted by Gasteiger charge is 2.34. The second-order valence-electron chi connectivity index (χ2n) is 6.74. The van der Waals surface area contributed by atoms with E-state index in [1.54, 1.807) is 20.8 Å². The van der Waals surface area contributed by atoms with Gasteiger partial charge in [-0.25, -0.2) is 4.79 Å². The number of amides is 1. The molecule has 1 atom stereocenters. The van der Waals surface area contributed by atoms with E-state index >= 15 is 0 Å². The van der Waals surface area contributed by atoms with E-state index in [-0.39, 0.29) is 22.4 Å². The van der Waals surface area contributed by atoms with E-state index in [4.69, 9.17) is 16.3 Å². The summed E-state index contributed by atoms with van der Waals surface area (Å²) in [6.45, 7) is 6.70. The van der Waals surface area contributed by atoms with Gasteiger partial charge in [0.2, 0.25) is 0 Å². The van der Waals surface area contributed by atoms with Crippen LogP contribution in [0.15, 0.2) is 18.2 Å². The van der Waals surface area contributed by atoms with Gasteiger partial charge >= 0.3 is 6.09 Å². The number of ether oxygens (including phenoxy) is 1. The quantitative estimate of drug-likeness (QED) is 0.659. The van der Waals surface area contributed by atoms with Crippen molar-refractivity contribution in [2.45, 2.75) is 45.3 Å². The highest BCUT2D eigenvalue weighted by molar-refractivity contribution is 6.31. The van der Waals surface area contributed by atoms with E-state index < -0.39 is 16.6 Å². The van der Waals surface area contributed by atoms with Gasteiger partial charge in [0.1, 0.15) is 11.3 Å². The van der Waals surface area contributed by atoms with E-state index in [1.807, 2.05) is 0 Å². The standard InChI is InChI=1S/C16H22ClN3O4/c1-16(2,3)24-15(21)19(12-5-4-8-18-10-12)13-7-6-11(17)9-14(13)20(22)23/h6-7,9,12,18H,4-5,8,10H2,1-3H3. The monoisotopic (exact) mass is 355 g/mol. The number of halogens is 1. The number of hydrogen-bond acceptors (Lipinski definition) is 5. The molecule has 24 heavy (non-hydrogen) atoms. The highest BCUT2D eigenvalue weighted by atomic mass is 35.5. The average molecular weight is 356 g/mol. The summed E-state index contributed by atoms with van der Waals surface area (Å²) in [5, 5.41) is 14.9. The Kier molecular flexibility index (Phi) is 5.66. The van der Waals surface area contributed by atoms with Gasteiger partial charge in [0.25, 0.3) is 5.69 Å². The maximum Gasteiger partial charge on any atom is 0.415 e. The SMILES string of the molecule is CC(C)(C)OC(=O)N(c1ccc(Cl)cc1[N+](=O)[O-])C1CCCNC1. The fourth-order valence-electron chi connectivity index (χ4n) is 2.66. The molecule has 1 aromatic carbocycles. The third kappa shape index (κ3) is 4.58. The Labute approximate surface area is 146 Å². The molecule has 1 saturated heterocycles. The number of nitro groups is 1. The Bertz CT molecular complexity index is 624. The summed E-state index contributed by atoms with van der Waals surface area (Å²) >= 11 is 5.89. The first-order valence-electron chi connectivity index (χ1n) is 7.86. The minimum atomic E-state index is -0.696. The zero-order chi connectivity index (χ0) is 17.9. The van der Waals surface area contributed by atoms with Gasteiger partial charge in [-0.15, -0.1) is 0 Å². The smallest absolute Gasteiger partial charge is 0.415 e. The van der Waals surface area contributed by atoms with Crippen LogP contribution in [0.2, 0.25) is 5.02 Å². The van der Waals surface area contributed by atoms with Crippen molar-refractivity contribution in [3.63, 3.8) is 0 Å². The Morgan fingerprint density at radius 1 is 1.46 bits per heavy atom. The van der Waals surface area contributed by atoms with Gasteiger partial charge in [-0.3, -0.25) is 15.0 Å². The second kappa shape index (κ2) is 7.36. The first-order valence-corrected chi connectivity index (χ1v) is 8.24. The number of nitrogens with one attached hydrogen (secondary N) is 1. The molecule has 7 nitrogen and oxygen atoms in total. The van der Waals surface area contributed by atoms with Crippen LogP contribution in [0.1, 0.15) is 33.6 Å². The molecule has 0 radical (unpaired) electrons. The minimum absolute atomic E-state index is 0.201. The highest BCUT2D eigenvalue weighted by Crippen LogP contribution is 2.34. The number of hydrogen-bond donors (Lipinski definition) is 1. The first-order chi connectivity index (χ1) is 11.2. The van der Waals surface area contributed by atoms with Crippen molar-refractivity contribution in [3.05, 3.63) is 33.3 Å². The number of nitro benzene ring substituents is 1. The van der Waals surface area contributed by atoms with E-state index in [2.05, 4.69) is 5.32 Å². The molecule has 1 N–H and O–H groups in total. The van der Waals surface area contributed by atoms with E-state index in [0.717, 1.165) is 19.4 Å². The van der Waals surface area contributed by atoms with E-state index in [1.165, 1.54) is 23.1 Å². The molecular formula is C16H22ClN3O4. The van der Waals surface area contributed by atoms with E-state index in [0.29, 0.717) is 6.54 Å². The Morgan fingerprint density at radius 2 is 2.17 bits per heavy atom. The normalized spacial score (nSPS) is 18.1. The van der Waals surface area contributed by atoms with Crippen molar-refractivity contribution in [2.24, 2.45) is 0 Å². The molecule has 1 unspecified atom stereocenters. The lowest BCUT2D eigenvalue weighted by Crippen LogP contribution is -2.50. The topological polar surface area (TPSA) is 84.7 Å². The molecule has 8 heteroatoms. The Balaban J connectivity index is 2.45. The molecule has 0 spiro atoms. The number of nitrogens with zero attached hydrogens (tertiary/aromatic N) is 2. The number of anilines is 1. The van der Waals surface area contributed by atoms with Crippen molar-refractivity contribution in [3.8, 4) is 0 Å². The van der Waals surface area contributed by atoms with Crippen LogP contribution in [0, 0.1) is 10.1 Å². The Hall–Kier alpha value is -1.86. The molecule has 1 heterocycles. The summed E-state index contributed by atoms with van der Waals surface area (Å²) in [5.41, 5.74) is -0.704. The van der Waals surface area contributed by atoms with E-state index in [9.17, 15) is 14.9 Å². The van der Waals surface area contributed by atoms with Crippen LogP contribution in [0.25, 0.3) is 0 Å². The van der Waals surface area contributed by atoms with Gasteiger partial charge in [-0.05, 0) is 52.3 Å². The maximum atomic E-state index is 12.7. The predicted molar refractivity (Wildman–Crippen MR) is 92.7 cm³/mol. The van der Waals surface area contributed by atoms with Gasteiger partial charge in [0.15, 0.2) is 0 Å². The predicted octanol–water partition coefficient (Wildman–Crippen LogP) is 3.74. The molecule has 1 aromatic rings. The minimum Gasteiger partial charge on any atom is -0.443 e. The van der Waals surface area contributed by atoms with Crippen molar-refractivity contribution in [1.82, 2.24) is 5.32 Å². The van der Waals surface area contributed by atoms with Gasteiger partial charge < -0.3 is 10.1 Å². The number of carbonyl (C=O) groups excluding carboxylic acids is 1. The molecule has 1 aliphatic rings. The average Bonchev–Trinajstić information content (AvgIpc) is 2.48. The number of benzene rings is 1. The van der Waals surface area contributed by atoms with Crippen LogP contribution in [-0.2, 0) is 4.74 Å². The third-order valence-electron chi connectivity index (χ3n) is 3.62. The van der Waals surface area contributed by atoms with Crippen LogP contribution in [0.3, 0.4) is 0 Å². The summed E-state index contributed by atoms with van der Waals surface area (Å²) in [6, 6.07) is 4.08. The zero-order valence-electron chi connectivity index (χ0n) is 14.0. The van der Waals surface area contributed by atoms with Crippen LogP contribution in [-0.4, -0.2) is 35.7 Å². The summed E-state index contributed by atoms with van der Waals surface area (Å²) in [6.07, 6.45) is 1.03. The molecule has 0 aliphatic carbocycles. The third-order valence-corrected chi connectivity index (χ3v) is 3.85. The number of piperidine rings is 1. The Morgan fingerprint density at radius 3 is 2.71 bits per heavy atom. The number of carbonyl (C=O) groups is 1. The molecule has 1 amide bonds. The van der Waals surface area contributed by atoms with Crippen molar-refractivity contribution >= 4 is 29.1 Å². The van der Waals surface area contributed by atoms with Gasteiger partial charge in [0, 0.05) is 17.6 Å². The molecule has 0 aromatic heterocycles. The largest absolute Gasteiger partial charge is 0.443 e. The van der Waals surface area contributed by atoms with Gasteiger partial charge in [-0.1, -0.05) is 11.6 Å².